The third-order valence-corrected chi connectivity index (χ3v) is 8.61. The molecular weight excluding hydrogens is 529 g/mol. The zero-order chi connectivity index (χ0) is 28.2. The molecule has 0 atom stereocenters. The minimum absolute atomic E-state index is 0.102. The fraction of sp³-hybridized carbons (Fsp3) is 0.258. The van der Waals surface area contributed by atoms with Crippen LogP contribution in [0.5, 0.6) is 5.75 Å². The number of hydrogen-bond donors (Lipinski definition) is 1. The number of pyridine rings is 1. The first kappa shape index (κ1) is 26.1. The van der Waals surface area contributed by atoms with Crippen LogP contribution in [0.15, 0.2) is 64.3 Å². The number of likely N-dealkylation sites (tertiary alicyclic amines) is 1. The monoisotopic (exact) mass is 557 g/mol. The number of fused-ring (bicyclic) bond motifs is 4. The Hall–Kier alpha value is -4.13. The van der Waals surface area contributed by atoms with E-state index in [0.717, 1.165) is 36.8 Å². The summed E-state index contributed by atoms with van der Waals surface area (Å²) in [5, 5.41) is 1.88. The fourth-order valence-electron chi connectivity index (χ4n) is 5.84. The Morgan fingerprint density at radius 3 is 2.58 bits per heavy atom. The summed E-state index contributed by atoms with van der Waals surface area (Å²) in [4.78, 5) is 19.5. The molecule has 0 unspecified atom stereocenters. The Kier molecular flexibility index (Phi) is 6.40. The van der Waals surface area contributed by atoms with E-state index in [1.807, 2.05) is 31.2 Å². The number of nitrogens with zero attached hydrogens (tertiary/aromatic N) is 2. The van der Waals surface area contributed by atoms with Gasteiger partial charge in [0.15, 0.2) is 5.43 Å². The van der Waals surface area contributed by atoms with Gasteiger partial charge in [0.25, 0.3) is 0 Å². The average molecular weight is 558 g/mol. The summed E-state index contributed by atoms with van der Waals surface area (Å²) >= 11 is 0. The minimum atomic E-state index is -4.91. The van der Waals surface area contributed by atoms with Gasteiger partial charge in [0, 0.05) is 28.1 Å². The van der Waals surface area contributed by atoms with E-state index in [4.69, 9.17) is 11.2 Å². The van der Waals surface area contributed by atoms with Gasteiger partial charge >= 0.3 is 10.2 Å². The molecule has 0 saturated carbocycles. The molecule has 1 fully saturated rings. The van der Waals surface area contributed by atoms with Crippen LogP contribution < -0.4 is 10.2 Å². The summed E-state index contributed by atoms with van der Waals surface area (Å²) in [5.74, 6) is 3.08. The molecular formula is C31H28FN3O4S. The molecule has 1 saturated heterocycles. The van der Waals surface area contributed by atoms with Crippen molar-refractivity contribution in [3.63, 3.8) is 0 Å². The molecule has 3 aromatic carbocycles. The smallest absolute Gasteiger partial charge is 0.332 e. The number of piperidine rings is 1. The Labute approximate surface area is 231 Å². The van der Waals surface area contributed by atoms with E-state index in [0.29, 0.717) is 51.0 Å². The average Bonchev–Trinajstić information content (AvgIpc) is 3.32. The van der Waals surface area contributed by atoms with E-state index >= 15 is 0 Å². The molecule has 0 bridgehead atoms. The van der Waals surface area contributed by atoms with Gasteiger partial charge in [0.05, 0.1) is 27.8 Å². The number of halogens is 1. The van der Waals surface area contributed by atoms with Gasteiger partial charge in [-0.2, -0.15) is 8.42 Å². The number of terminal acetylenes is 1. The van der Waals surface area contributed by atoms with Crippen LogP contribution >= 0.6 is 0 Å². The Bertz CT molecular complexity index is 2010. The van der Waals surface area contributed by atoms with Gasteiger partial charge < -0.3 is 19.2 Å². The van der Waals surface area contributed by atoms with Crippen LogP contribution in [0.2, 0.25) is 0 Å². The Balaban J connectivity index is 1.73. The van der Waals surface area contributed by atoms with Gasteiger partial charge in [-0.3, -0.25) is 4.79 Å². The van der Waals surface area contributed by atoms with Gasteiger partial charge in [0.1, 0.15) is 11.4 Å². The molecule has 6 rings (SSSR count). The SMILES string of the molecule is C#Cc1ccc2c(c1)[nH]c1c2c(=O)c2cc(OCC)c(-c3cccc(S(=O)(=O)F)c3)cc2n1C1CCN(C)CC1. The highest BCUT2D eigenvalue weighted by Crippen LogP contribution is 2.39. The molecule has 1 aliphatic rings. The molecule has 0 spiro atoms. The zero-order valence-corrected chi connectivity index (χ0v) is 23.0. The standard InChI is InChI=1S/C31H28FN3O4S/c1-4-19-9-10-23-26(15-19)33-31-29(23)30(36)25-18-28(39-5-2)24(20-7-6-8-22(16-20)40(32,37)38)17-27(25)35(31)21-11-13-34(3)14-12-21/h1,6-10,15-18,21,33H,5,11-14H2,2-3H3. The summed E-state index contributed by atoms with van der Waals surface area (Å²) in [7, 11) is -2.81. The van der Waals surface area contributed by atoms with Gasteiger partial charge in [-0.05, 0) is 81.9 Å². The number of ether oxygens (including phenoxy) is 1. The molecule has 204 valence electrons. The molecule has 1 aliphatic heterocycles. The first-order chi connectivity index (χ1) is 19.2. The quantitative estimate of drug-likeness (QED) is 0.224. The van der Waals surface area contributed by atoms with Crippen molar-refractivity contribution in [1.29, 1.82) is 0 Å². The van der Waals surface area contributed by atoms with E-state index in [-0.39, 0.29) is 11.5 Å². The van der Waals surface area contributed by atoms with Crippen LogP contribution in [0.25, 0.3) is 44.0 Å². The number of rotatable bonds is 5. The highest BCUT2D eigenvalue weighted by Gasteiger charge is 2.26. The van der Waals surface area contributed by atoms with Crippen molar-refractivity contribution in [1.82, 2.24) is 14.5 Å². The topological polar surface area (TPSA) is 84.4 Å². The van der Waals surface area contributed by atoms with Crippen molar-refractivity contribution in [2.24, 2.45) is 0 Å². The normalized spacial score (nSPS) is 15.2. The van der Waals surface area contributed by atoms with Crippen LogP contribution in [0.3, 0.4) is 0 Å². The number of hydrogen-bond acceptors (Lipinski definition) is 5. The predicted molar refractivity (Wildman–Crippen MR) is 156 cm³/mol. The fourth-order valence-corrected chi connectivity index (χ4v) is 6.35. The number of H-pyrrole nitrogens is 1. The molecule has 9 heteroatoms. The second-order valence-corrected chi connectivity index (χ2v) is 11.6. The van der Waals surface area contributed by atoms with Crippen LogP contribution in [0.4, 0.5) is 3.89 Å². The maximum atomic E-state index is 14.1. The van der Waals surface area contributed by atoms with Crippen molar-refractivity contribution in [3.8, 4) is 29.2 Å². The Morgan fingerprint density at radius 1 is 1.10 bits per heavy atom. The van der Waals surface area contributed by atoms with E-state index in [1.165, 1.54) is 18.2 Å². The first-order valence-electron chi connectivity index (χ1n) is 13.2. The van der Waals surface area contributed by atoms with E-state index < -0.39 is 15.1 Å². The molecule has 0 radical (unpaired) electrons. The van der Waals surface area contributed by atoms with E-state index in [9.17, 15) is 17.1 Å². The summed E-state index contributed by atoms with van der Waals surface area (Å²) in [6.45, 7) is 3.97. The van der Waals surface area contributed by atoms with Crippen molar-refractivity contribution in [2.45, 2.75) is 30.7 Å². The van der Waals surface area contributed by atoms with Crippen molar-refractivity contribution in [2.75, 3.05) is 26.7 Å². The minimum Gasteiger partial charge on any atom is -0.493 e. The molecule has 7 nitrogen and oxygen atoms in total. The maximum Gasteiger partial charge on any atom is 0.332 e. The summed E-state index contributed by atoms with van der Waals surface area (Å²) in [6, 6.07) is 15.0. The lowest BCUT2D eigenvalue weighted by atomic mass is 9.98. The second-order valence-electron chi connectivity index (χ2n) is 10.3. The van der Waals surface area contributed by atoms with E-state index in [1.54, 1.807) is 12.1 Å². The molecule has 0 aliphatic carbocycles. The van der Waals surface area contributed by atoms with Crippen molar-refractivity contribution < 1.29 is 17.0 Å². The van der Waals surface area contributed by atoms with Gasteiger partial charge in [-0.25, -0.2) is 0 Å². The number of benzene rings is 3. The second kappa shape index (κ2) is 9.81. The number of nitrogens with one attached hydrogen (secondary N) is 1. The van der Waals surface area contributed by atoms with Gasteiger partial charge in [-0.1, -0.05) is 24.1 Å². The van der Waals surface area contributed by atoms with Crippen LogP contribution in [-0.4, -0.2) is 49.6 Å². The molecule has 0 amide bonds. The maximum absolute atomic E-state index is 14.1. The molecule has 5 aromatic rings. The molecule has 2 aromatic heterocycles. The van der Waals surface area contributed by atoms with Gasteiger partial charge in [0.2, 0.25) is 0 Å². The number of aromatic nitrogens is 2. The Morgan fingerprint density at radius 2 is 1.88 bits per heavy atom. The zero-order valence-electron chi connectivity index (χ0n) is 22.2. The lowest BCUT2D eigenvalue weighted by Gasteiger charge is -2.32. The predicted octanol–water partition coefficient (Wildman–Crippen LogP) is 5.61. The van der Waals surface area contributed by atoms with Gasteiger partial charge in [-0.15, -0.1) is 10.3 Å². The largest absolute Gasteiger partial charge is 0.493 e. The van der Waals surface area contributed by atoms with Crippen molar-refractivity contribution in [3.05, 3.63) is 70.4 Å². The van der Waals surface area contributed by atoms with Crippen LogP contribution in [-0.2, 0) is 10.2 Å². The summed E-state index contributed by atoms with van der Waals surface area (Å²) in [5.41, 5.74) is 3.82. The first-order valence-corrected chi connectivity index (χ1v) is 14.6. The summed E-state index contributed by atoms with van der Waals surface area (Å²) < 4.78 is 45.4. The highest BCUT2D eigenvalue weighted by molar-refractivity contribution is 7.86. The van der Waals surface area contributed by atoms with Crippen LogP contribution in [0.1, 0.15) is 31.4 Å². The van der Waals surface area contributed by atoms with E-state index in [2.05, 4.69) is 27.4 Å². The van der Waals surface area contributed by atoms with Crippen molar-refractivity contribution >= 4 is 43.1 Å². The molecule has 40 heavy (non-hydrogen) atoms. The lowest BCUT2D eigenvalue weighted by Crippen LogP contribution is -2.32. The molecule has 3 heterocycles. The van der Waals surface area contributed by atoms with Crippen LogP contribution in [0, 0.1) is 12.3 Å². The third kappa shape index (κ3) is 4.34. The summed E-state index contributed by atoms with van der Waals surface area (Å²) in [6.07, 6.45) is 7.41. The molecule has 1 N–H and O–H groups in total. The lowest BCUT2D eigenvalue weighted by molar-refractivity contribution is 0.226. The third-order valence-electron chi connectivity index (χ3n) is 7.80. The highest BCUT2D eigenvalue weighted by atomic mass is 32.3. The number of aromatic amines is 1.